The van der Waals surface area contributed by atoms with Gasteiger partial charge in [-0.25, -0.2) is 0 Å². The van der Waals surface area contributed by atoms with Crippen LogP contribution >= 0.6 is 11.6 Å². The molecule has 0 atom stereocenters. The molecule has 0 heterocycles. The first kappa shape index (κ1) is 9.72. The van der Waals surface area contributed by atoms with Crippen molar-refractivity contribution in [1.82, 2.24) is 5.32 Å². The predicted molar refractivity (Wildman–Crippen MR) is 40.0 cm³/mol. The lowest BCUT2D eigenvalue weighted by atomic mass is 10.3. The van der Waals surface area contributed by atoms with Crippen molar-refractivity contribution in [1.29, 1.82) is 0 Å². The Kier molecular flexibility index (Phi) is 6.64. The van der Waals surface area contributed by atoms with Gasteiger partial charge in [0.1, 0.15) is 6.73 Å². The van der Waals surface area contributed by atoms with E-state index in [-0.39, 0.29) is 12.6 Å². The highest BCUT2D eigenvalue weighted by Gasteiger charge is 1.97. The molecule has 10 heavy (non-hydrogen) atoms. The summed E-state index contributed by atoms with van der Waals surface area (Å²) in [6.45, 7) is 0.279. The van der Waals surface area contributed by atoms with Crippen LogP contribution in [-0.4, -0.2) is 25.6 Å². The number of carbonyl (C=O) groups excluding carboxylic acids is 1. The van der Waals surface area contributed by atoms with E-state index in [0.717, 1.165) is 6.42 Å². The van der Waals surface area contributed by atoms with Crippen molar-refractivity contribution >= 4 is 17.5 Å². The number of nitrogens with one attached hydrogen (secondary N) is 1. The molecule has 1 amide bonds. The Hall–Kier alpha value is -0.280. The number of alkyl halides is 1. The third-order valence-corrected chi connectivity index (χ3v) is 1.22. The van der Waals surface area contributed by atoms with Crippen molar-refractivity contribution in [3.63, 3.8) is 0 Å². The van der Waals surface area contributed by atoms with E-state index < -0.39 is 0 Å². The summed E-state index contributed by atoms with van der Waals surface area (Å²) in [6.07, 6.45) is 1.20. The molecule has 0 aliphatic rings. The molecule has 0 aliphatic carbocycles. The Labute approximate surface area is 65.7 Å². The van der Waals surface area contributed by atoms with Crippen LogP contribution in [0.5, 0.6) is 0 Å². The first-order chi connectivity index (χ1) is 4.81. The Balaban J connectivity index is 3.09. The van der Waals surface area contributed by atoms with Gasteiger partial charge in [-0.3, -0.25) is 4.79 Å². The van der Waals surface area contributed by atoms with E-state index in [1.807, 2.05) is 0 Å². The van der Waals surface area contributed by atoms with Gasteiger partial charge in [0, 0.05) is 19.4 Å². The minimum atomic E-state index is -0.0116. The van der Waals surface area contributed by atoms with Crippen LogP contribution in [-0.2, 0) is 9.53 Å². The van der Waals surface area contributed by atoms with Crippen LogP contribution in [0.1, 0.15) is 12.8 Å². The van der Waals surface area contributed by atoms with E-state index in [2.05, 4.69) is 10.1 Å². The molecule has 4 heteroatoms. The summed E-state index contributed by atoms with van der Waals surface area (Å²) in [5, 5.41) is 2.55. The van der Waals surface area contributed by atoms with Crippen LogP contribution in [0.15, 0.2) is 0 Å². The van der Waals surface area contributed by atoms with Crippen molar-refractivity contribution < 1.29 is 9.53 Å². The maximum absolute atomic E-state index is 10.7. The van der Waals surface area contributed by atoms with E-state index in [1.165, 1.54) is 7.11 Å². The molecule has 3 nitrogen and oxygen atoms in total. The number of ether oxygens (including phenoxy) is 1. The standard InChI is InChI=1S/C6H12ClNO2/c1-10-5-8-6(9)3-2-4-7/h2-5H2,1H3,(H,8,9). The minimum absolute atomic E-state index is 0.0116. The lowest BCUT2D eigenvalue weighted by molar-refractivity contribution is -0.122. The second kappa shape index (κ2) is 6.83. The average Bonchev–Trinajstić information content (AvgIpc) is 1.97. The van der Waals surface area contributed by atoms with Crippen molar-refractivity contribution in [3.05, 3.63) is 0 Å². The zero-order valence-corrected chi connectivity index (χ0v) is 6.78. The van der Waals surface area contributed by atoms with Gasteiger partial charge >= 0.3 is 0 Å². The number of hydrogen-bond acceptors (Lipinski definition) is 2. The molecule has 1 N–H and O–H groups in total. The highest BCUT2D eigenvalue weighted by Crippen LogP contribution is 1.90. The topological polar surface area (TPSA) is 38.3 Å². The largest absolute Gasteiger partial charge is 0.364 e. The highest BCUT2D eigenvalue weighted by atomic mass is 35.5. The molecule has 0 aromatic carbocycles. The summed E-state index contributed by atoms with van der Waals surface area (Å²) in [4.78, 5) is 10.7. The molecule has 0 bridgehead atoms. The Morgan fingerprint density at radius 2 is 2.40 bits per heavy atom. The molecule has 0 rings (SSSR count). The summed E-state index contributed by atoms with van der Waals surface area (Å²) >= 11 is 5.37. The second-order valence-corrected chi connectivity index (χ2v) is 2.20. The molecule has 0 aromatic rings. The van der Waals surface area contributed by atoms with Crippen LogP contribution in [0, 0.1) is 0 Å². The molecule has 0 unspecified atom stereocenters. The minimum Gasteiger partial charge on any atom is -0.364 e. The van der Waals surface area contributed by atoms with Crippen molar-refractivity contribution in [3.8, 4) is 0 Å². The normalized spacial score (nSPS) is 9.40. The zero-order valence-electron chi connectivity index (χ0n) is 6.02. The molecular weight excluding hydrogens is 154 g/mol. The highest BCUT2D eigenvalue weighted by molar-refractivity contribution is 6.17. The van der Waals surface area contributed by atoms with Crippen LogP contribution in [0.25, 0.3) is 0 Å². The Morgan fingerprint density at radius 1 is 1.70 bits per heavy atom. The Morgan fingerprint density at radius 3 is 2.90 bits per heavy atom. The zero-order chi connectivity index (χ0) is 7.82. The van der Waals surface area contributed by atoms with E-state index in [0.29, 0.717) is 12.3 Å². The molecule has 0 spiro atoms. The van der Waals surface area contributed by atoms with E-state index in [1.54, 1.807) is 0 Å². The predicted octanol–water partition coefficient (Wildman–Crippen LogP) is 0.725. The number of amides is 1. The fraction of sp³-hybridized carbons (Fsp3) is 0.833. The average molecular weight is 166 g/mol. The van der Waals surface area contributed by atoms with Crippen molar-refractivity contribution in [2.24, 2.45) is 0 Å². The molecule has 0 aliphatic heterocycles. The summed E-state index contributed by atoms with van der Waals surface area (Å²) < 4.78 is 4.63. The van der Waals surface area contributed by atoms with Gasteiger partial charge in [0.2, 0.25) is 5.91 Å². The molecule has 0 saturated carbocycles. The van der Waals surface area contributed by atoms with Gasteiger partial charge in [-0.15, -0.1) is 11.6 Å². The monoisotopic (exact) mass is 165 g/mol. The maximum Gasteiger partial charge on any atom is 0.221 e. The number of carbonyl (C=O) groups is 1. The maximum atomic E-state index is 10.7. The smallest absolute Gasteiger partial charge is 0.221 e. The second-order valence-electron chi connectivity index (χ2n) is 1.83. The van der Waals surface area contributed by atoms with Gasteiger partial charge in [-0.2, -0.15) is 0 Å². The van der Waals surface area contributed by atoms with Crippen LogP contribution < -0.4 is 5.32 Å². The Bertz CT molecular complexity index is 87.7. The summed E-state index contributed by atoms with van der Waals surface area (Å²) in [5.41, 5.74) is 0. The van der Waals surface area contributed by atoms with E-state index in [9.17, 15) is 4.79 Å². The first-order valence-electron chi connectivity index (χ1n) is 3.13. The summed E-state index contributed by atoms with van der Waals surface area (Å²) in [5.74, 6) is 0.517. The summed E-state index contributed by atoms with van der Waals surface area (Å²) in [6, 6.07) is 0. The fourth-order valence-electron chi connectivity index (χ4n) is 0.468. The molecule has 0 fully saturated rings. The van der Waals surface area contributed by atoms with Crippen LogP contribution in [0.3, 0.4) is 0 Å². The molecule has 0 radical (unpaired) electrons. The van der Waals surface area contributed by atoms with Gasteiger partial charge in [0.25, 0.3) is 0 Å². The summed E-state index contributed by atoms with van der Waals surface area (Å²) in [7, 11) is 1.53. The molecule has 0 aromatic heterocycles. The molecular formula is C6H12ClNO2. The van der Waals surface area contributed by atoms with Gasteiger partial charge in [0.05, 0.1) is 0 Å². The lowest BCUT2D eigenvalue weighted by Crippen LogP contribution is -2.24. The number of hydrogen-bond donors (Lipinski definition) is 1. The molecule has 0 saturated heterocycles. The van der Waals surface area contributed by atoms with Crippen LogP contribution in [0.4, 0.5) is 0 Å². The van der Waals surface area contributed by atoms with Crippen molar-refractivity contribution in [2.45, 2.75) is 12.8 Å². The third-order valence-electron chi connectivity index (χ3n) is 0.951. The van der Waals surface area contributed by atoms with Crippen LogP contribution in [0.2, 0.25) is 0 Å². The third kappa shape index (κ3) is 5.85. The number of methoxy groups -OCH3 is 1. The van der Waals surface area contributed by atoms with Gasteiger partial charge in [-0.05, 0) is 6.42 Å². The van der Waals surface area contributed by atoms with Crippen molar-refractivity contribution in [2.75, 3.05) is 19.7 Å². The first-order valence-corrected chi connectivity index (χ1v) is 3.66. The molecule has 60 valence electrons. The van der Waals surface area contributed by atoms with E-state index in [4.69, 9.17) is 11.6 Å². The fourth-order valence-corrected chi connectivity index (χ4v) is 0.602. The lowest BCUT2D eigenvalue weighted by Gasteiger charge is -2.00. The SMILES string of the molecule is COCNC(=O)CCCCl. The van der Waals surface area contributed by atoms with Gasteiger partial charge < -0.3 is 10.1 Å². The van der Waals surface area contributed by atoms with Gasteiger partial charge in [0.15, 0.2) is 0 Å². The van der Waals surface area contributed by atoms with E-state index >= 15 is 0 Å². The number of rotatable bonds is 5. The van der Waals surface area contributed by atoms with Gasteiger partial charge in [-0.1, -0.05) is 0 Å². The number of halogens is 1. The quantitative estimate of drug-likeness (QED) is 0.482.